The third-order valence-electron chi connectivity index (χ3n) is 9.30. The fourth-order valence-electron chi connectivity index (χ4n) is 7.00. The van der Waals surface area contributed by atoms with Gasteiger partial charge in [-0.05, 0) is 36.6 Å². The van der Waals surface area contributed by atoms with Crippen molar-refractivity contribution in [1.82, 2.24) is 19.5 Å². The standard InChI is InChI=1S/C44H32N4/c1-29-13-12-18-34(27-29)48-40-22-11-9-20-36(40)41-35-19-8-10-21-37(35)45-42(43(41)48)32-23-25-33(26-24-32)44-46-38(30-14-4-2-5-15-30)28-39(47-44)31-16-6-3-7-17-31/h2-12,14-29H,13H2,1H3. The van der Waals surface area contributed by atoms with Crippen molar-refractivity contribution in [2.45, 2.75) is 13.3 Å². The van der Waals surface area contributed by atoms with Gasteiger partial charge in [0.1, 0.15) is 0 Å². The topological polar surface area (TPSA) is 43.6 Å². The summed E-state index contributed by atoms with van der Waals surface area (Å²) in [6.45, 7) is 2.28. The normalized spacial score (nSPS) is 14.5. The summed E-state index contributed by atoms with van der Waals surface area (Å²) in [5.74, 6) is 1.16. The second-order valence-corrected chi connectivity index (χ2v) is 12.5. The number of rotatable bonds is 5. The number of fused-ring (bicyclic) bond motifs is 5. The van der Waals surface area contributed by atoms with Crippen molar-refractivity contribution < 1.29 is 0 Å². The fraction of sp³-hybridized carbons (Fsp3) is 0.0682. The van der Waals surface area contributed by atoms with E-state index >= 15 is 0 Å². The maximum absolute atomic E-state index is 5.35. The summed E-state index contributed by atoms with van der Waals surface area (Å²) < 4.78 is 2.41. The molecule has 0 N–H and O–H groups in total. The molecule has 0 radical (unpaired) electrons. The molecule has 0 aliphatic heterocycles. The van der Waals surface area contributed by atoms with Gasteiger partial charge in [0, 0.05) is 44.1 Å². The lowest BCUT2D eigenvalue weighted by molar-refractivity contribution is 0.735. The van der Waals surface area contributed by atoms with Crippen LogP contribution in [0, 0.1) is 5.92 Å². The molecule has 0 fully saturated rings. The highest BCUT2D eigenvalue weighted by molar-refractivity contribution is 6.24. The molecule has 1 atom stereocenters. The molecule has 4 heteroatoms. The van der Waals surface area contributed by atoms with Crippen molar-refractivity contribution in [2.75, 3.05) is 0 Å². The number of aromatic nitrogens is 4. The van der Waals surface area contributed by atoms with E-state index in [2.05, 4.69) is 133 Å². The van der Waals surface area contributed by atoms with Gasteiger partial charge in [-0.25, -0.2) is 15.0 Å². The molecule has 0 saturated heterocycles. The van der Waals surface area contributed by atoms with Gasteiger partial charge in [0.15, 0.2) is 5.82 Å². The Morgan fingerprint density at radius 3 is 1.88 bits per heavy atom. The number of pyridine rings is 1. The van der Waals surface area contributed by atoms with Crippen molar-refractivity contribution in [3.05, 3.63) is 158 Å². The fourth-order valence-corrected chi connectivity index (χ4v) is 7.00. The number of allylic oxidation sites excluding steroid dienone is 4. The van der Waals surface area contributed by atoms with Crippen molar-refractivity contribution in [1.29, 1.82) is 0 Å². The maximum atomic E-state index is 5.35. The van der Waals surface area contributed by atoms with Gasteiger partial charge < -0.3 is 4.57 Å². The zero-order chi connectivity index (χ0) is 32.0. The van der Waals surface area contributed by atoms with Crippen LogP contribution in [0.2, 0.25) is 0 Å². The minimum Gasteiger partial charge on any atom is -0.307 e. The van der Waals surface area contributed by atoms with E-state index in [1.165, 1.54) is 22.0 Å². The van der Waals surface area contributed by atoms with Crippen LogP contribution in [-0.4, -0.2) is 19.5 Å². The Labute approximate surface area is 279 Å². The molecule has 48 heavy (non-hydrogen) atoms. The van der Waals surface area contributed by atoms with Crippen molar-refractivity contribution in [3.63, 3.8) is 0 Å². The molecule has 0 saturated carbocycles. The lowest BCUT2D eigenvalue weighted by atomic mass is 10.0. The van der Waals surface area contributed by atoms with Gasteiger partial charge in [-0.15, -0.1) is 0 Å². The number of nitrogens with zero attached hydrogens (tertiary/aromatic N) is 4. The molecule has 1 aliphatic carbocycles. The second-order valence-electron chi connectivity index (χ2n) is 12.5. The minimum absolute atomic E-state index is 0.463. The van der Waals surface area contributed by atoms with Crippen LogP contribution in [0.5, 0.6) is 0 Å². The number of hydrogen-bond donors (Lipinski definition) is 0. The average molecular weight is 617 g/mol. The first-order chi connectivity index (χ1) is 23.7. The predicted molar refractivity (Wildman–Crippen MR) is 199 cm³/mol. The van der Waals surface area contributed by atoms with E-state index in [0.29, 0.717) is 11.7 Å². The Balaban J connectivity index is 1.25. The van der Waals surface area contributed by atoms with Gasteiger partial charge in [0.25, 0.3) is 0 Å². The van der Waals surface area contributed by atoms with Gasteiger partial charge in [-0.1, -0.05) is 140 Å². The van der Waals surface area contributed by atoms with Gasteiger partial charge in [-0.3, -0.25) is 0 Å². The first-order valence-corrected chi connectivity index (χ1v) is 16.5. The summed E-state index contributed by atoms with van der Waals surface area (Å²) in [6, 6.07) is 48.5. The monoisotopic (exact) mass is 616 g/mol. The Hall–Kier alpha value is -6.13. The summed E-state index contributed by atoms with van der Waals surface area (Å²) in [7, 11) is 0. The number of hydrogen-bond acceptors (Lipinski definition) is 3. The van der Waals surface area contributed by atoms with E-state index in [-0.39, 0.29) is 0 Å². The van der Waals surface area contributed by atoms with Gasteiger partial charge in [0.2, 0.25) is 0 Å². The molecule has 228 valence electrons. The van der Waals surface area contributed by atoms with Crippen LogP contribution in [0.1, 0.15) is 13.3 Å². The van der Waals surface area contributed by atoms with Gasteiger partial charge in [0.05, 0.1) is 33.6 Å². The molecule has 4 nitrogen and oxygen atoms in total. The van der Waals surface area contributed by atoms with Crippen LogP contribution < -0.4 is 0 Å². The molecule has 9 rings (SSSR count). The third-order valence-corrected chi connectivity index (χ3v) is 9.30. The third kappa shape index (κ3) is 4.81. The molecule has 1 unspecified atom stereocenters. The average Bonchev–Trinajstić information content (AvgIpc) is 3.51. The first kappa shape index (κ1) is 28.1. The molecule has 0 spiro atoms. The maximum Gasteiger partial charge on any atom is 0.160 e. The lowest BCUT2D eigenvalue weighted by Gasteiger charge is -2.17. The van der Waals surface area contributed by atoms with Crippen LogP contribution >= 0.6 is 0 Å². The summed E-state index contributed by atoms with van der Waals surface area (Å²) in [5, 5.41) is 3.63. The molecule has 0 bridgehead atoms. The zero-order valence-corrected chi connectivity index (χ0v) is 26.6. The van der Waals surface area contributed by atoms with Crippen LogP contribution in [-0.2, 0) is 0 Å². The first-order valence-electron chi connectivity index (χ1n) is 16.5. The smallest absolute Gasteiger partial charge is 0.160 e. The van der Waals surface area contributed by atoms with Gasteiger partial charge >= 0.3 is 0 Å². The van der Waals surface area contributed by atoms with Crippen LogP contribution in [0.3, 0.4) is 0 Å². The lowest BCUT2D eigenvalue weighted by Crippen LogP contribution is -2.03. The largest absolute Gasteiger partial charge is 0.307 e. The highest BCUT2D eigenvalue weighted by atomic mass is 15.0. The zero-order valence-electron chi connectivity index (χ0n) is 26.6. The Kier molecular flexibility index (Phi) is 6.79. The van der Waals surface area contributed by atoms with Crippen molar-refractivity contribution in [2.24, 2.45) is 5.92 Å². The Bertz CT molecular complexity index is 2470. The van der Waals surface area contributed by atoms with E-state index in [1.807, 2.05) is 36.4 Å². The minimum atomic E-state index is 0.463. The summed E-state index contributed by atoms with van der Waals surface area (Å²) in [4.78, 5) is 15.5. The quantitative estimate of drug-likeness (QED) is 0.193. The summed E-state index contributed by atoms with van der Waals surface area (Å²) in [5.41, 5.74) is 11.4. The molecular formula is C44H32N4. The number of para-hydroxylation sites is 2. The van der Waals surface area contributed by atoms with E-state index in [4.69, 9.17) is 15.0 Å². The van der Waals surface area contributed by atoms with Crippen LogP contribution in [0.25, 0.3) is 83.6 Å². The predicted octanol–water partition coefficient (Wildman–Crippen LogP) is 11.2. The van der Waals surface area contributed by atoms with Gasteiger partial charge in [-0.2, -0.15) is 0 Å². The van der Waals surface area contributed by atoms with Crippen molar-refractivity contribution >= 4 is 38.4 Å². The highest BCUT2D eigenvalue weighted by Crippen LogP contribution is 2.42. The molecule has 8 aromatic rings. The Morgan fingerprint density at radius 2 is 1.19 bits per heavy atom. The van der Waals surface area contributed by atoms with E-state index in [0.717, 1.165) is 62.2 Å². The molecule has 3 aromatic heterocycles. The number of benzene rings is 5. The van der Waals surface area contributed by atoms with E-state index in [1.54, 1.807) is 0 Å². The second kappa shape index (κ2) is 11.6. The summed E-state index contributed by atoms with van der Waals surface area (Å²) in [6.07, 6.45) is 7.98. The summed E-state index contributed by atoms with van der Waals surface area (Å²) >= 11 is 0. The molecule has 5 aromatic carbocycles. The van der Waals surface area contributed by atoms with Crippen molar-refractivity contribution in [3.8, 4) is 45.2 Å². The van der Waals surface area contributed by atoms with Crippen LogP contribution in [0.15, 0.2) is 158 Å². The molecule has 1 aliphatic rings. The SMILES string of the molecule is CC1C=C(n2c3ccccc3c3c4ccccc4nc(-c4ccc(-c5nc(-c6ccccc6)cc(-c6ccccc6)n5)cc4)c32)C=CC1. The van der Waals surface area contributed by atoms with E-state index < -0.39 is 0 Å². The molecule has 0 amide bonds. The molecule has 3 heterocycles. The van der Waals surface area contributed by atoms with Crippen LogP contribution in [0.4, 0.5) is 0 Å². The van der Waals surface area contributed by atoms with E-state index in [9.17, 15) is 0 Å². The highest BCUT2D eigenvalue weighted by Gasteiger charge is 2.22. The molecular weight excluding hydrogens is 585 g/mol. The Morgan fingerprint density at radius 1 is 0.583 bits per heavy atom.